The van der Waals surface area contributed by atoms with Crippen LogP contribution in [0.5, 0.6) is 0 Å². The van der Waals surface area contributed by atoms with Crippen molar-refractivity contribution in [3.05, 3.63) is 35.2 Å². The average molecular weight is 298 g/mol. The van der Waals surface area contributed by atoms with Gasteiger partial charge in [-0.3, -0.25) is 4.90 Å². The lowest BCUT2D eigenvalue weighted by Crippen LogP contribution is -2.29. The van der Waals surface area contributed by atoms with Crippen LogP contribution in [0.3, 0.4) is 0 Å². The highest BCUT2D eigenvalue weighted by Gasteiger charge is 2.12. The van der Waals surface area contributed by atoms with Crippen LogP contribution in [0, 0.1) is 0 Å². The summed E-state index contributed by atoms with van der Waals surface area (Å²) in [5, 5.41) is 22.5. The van der Waals surface area contributed by atoms with Crippen molar-refractivity contribution in [1.82, 2.24) is 15.0 Å². The van der Waals surface area contributed by atoms with Gasteiger partial charge in [0.1, 0.15) is 0 Å². The molecule has 0 saturated carbocycles. The molecule has 0 fully saturated rings. The summed E-state index contributed by atoms with van der Waals surface area (Å²) in [6, 6.07) is 7.15. The van der Waals surface area contributed by atoms with Crippen molar-refractivity contribution in [2.45, 2.75) is 6.54 Å². The molecule has 2 rings (SSSR count). The Labute approximate surface area is 121 Å². The van der Waals surface area contributed by atoms with E-state index in [-0.39, 0.29) is 13.2 Å². The van der Waals surface area contributed by atoms with Gasteiger partial charge in [0.25, 0.3) is 0 Å². The summed E-state index contributed by atoms with van der Waals surface area (Å²) in [5.41, 5.74) is 0.820. The molecule has 20 heavy (non-hydrogen) atoms. The lowest BCUT2D eigenvalue weighted by atomic mass is 10.2. The first-order valence-electron chi connectivity index (χ1n) is 6.25. The first kappa shape index (κ1) is 14.9. The highest BCUT2D eigenvalue weighted by molar-refractivity contribution is 6.30. The largest absolute Gasteiger partial charge is 0.395 e. The van der Waals surface area contributed by atoms with Gasteiger partial charge in [-0.1, -0.05) is 16.8 Å². The molecule has 0 atom stereocenters. The Kier molecular flexibility index (Phi) is 5.49. The van der Waals surface area contributed by atoms with E-state index >= 15 is 0 Å². The molecule has 0 amide bonds. The van der Waals surface area contributed by atoms with Crippen LogP contribution >= 0.6 is 11.6 Å². The van der Waals surface area contributed by atoms with Gasteiger partial charge in [0, 0.05) is 23.7 Å². The van der Waals surface area contributed by atoms with Gasteiger partial charge in [0.15, 0.2) is 0 Å². The zero-order valence-electron chi connectivity index (χ0n) is 10.9. The van der Waals surface area contributed by atoms with Crippen molar-refractivity contribution in [2.75, 3.05) is 26.3 Å². The fourth-order valence-corrected chi connectivity index (χ4v) is 1.91. The molecule has 0 aliphatic heterocycles. The molecule has 0 aliphatic carbocycles. The van der Waals surface area contributed by atoms with Crippen molar-refractivity contribution in [2.24, 2.45) is 0 Å². The number of aliphatic hydroxyl groups excluding tert-OH is 2. The standard InChI is InChI=1S/C13H16ClN3O3/c14-11-3-1-10(2-4-11)13-15-12(20-16-13)9-17(5-7-18)6-8-19/h1-4,18-19H,5-9H2. The summed E-state index contributed by atoms with van der Waals surface area (Å²) < 4.78 is 5.17. The van der Waals surface area contributed by atoms with E-state index in [0.717, 1.165) is 5.56 Å². The molecule has 7 heteroatoms. The fraction of sp³-hybridized carbons (Fsp3) is 0.385. The van der Waals surface area contributed by atoms with Crippen LogP contribution in [0.15, 0.2) is 28.8 Å². The van der Waals surface area contributed by atoms with Gasteiger partial charge in [0.2, 0.25) is 11.7 Å². The van der Waals surface area contributed by atoms with Crippen LogP contribution in [0.1, 0.15) is 5.89 Å². The van der Waals surface area contributed by atoms with E-state index < -0.39 is 0 Å². The molecular formula is C13H16ClN3O3. The Hall–Kier alpha value is -1.47. The van der Waals surface area contributed by atoms with Crippen molar-refractivity contribution in [3.8, 4) is 11.4 Å². The lowest BCUT2D eigenvalue weighted by Gasteiger charge is -2.17. The Morgan fingerprint density at radius 1 is 1.10 bits per heavy atom. The third kappa shape index (κ3) is 4.01. The maximum Gasteiger partial charge on any atom is 0.241 e. The van der Waals surface area contributed by atoms with E-state index in [9.17, 15) is 0 Å². The summed E-state index contributed by atoms with van der Waals surface area (Å²) in [7, 11) is 0. The monoisotopic (exact) mass is 297 g/mol. The molecule has 0 unspecified atom stereocenters. The number of halogens is 1. The summed E-state index contributed by atoms with van der Waals surface area (Å²) in [6.07, 6.45) is 0. The van der Waals surface area contributed by atoms with Crippen LogP contribution in [0.2, 0.25) is 5.02 Å². The second-order valence-corrected chi connectivity index (χ2v) is 4.68. The molecule has 1 heterocycles. The number of hydrogen-bond acceptors (Lipinski definition) is 6. The zero-order chi connectivity index (χ0) is 14.4. The minimum atomic E-state index is 0.0121. The molecule has 0 spiro atoms. The fourth-order valence-electron chi connectivity index (χ4n) is 1.78. The number of aliphatic hydroxyl groups is 2. The number of rotatable bonds is 7. The molecule has 108 valence electrons. The number of aromatic nitrogens is 2. The van der Waals surface area contributed by atoms with E-state index in [1.807, 2.05) is 17.0 Å². The van der Waals surface area contributed by atoms with E-state index in [0.29, 0.717) is 36.4 Å². The quantitative estimate of drug-likeness (QED) is 0.798. The van der Waals surface area contributed by atoms with E-state index in [1.165, 1.54) is 0 Å². The smallest absolute Gasteiger partial charge is 0.241 e. The van der Waals surface area contributed by atoms with Crippen LogP contribution < -0.4 is 0 Å². The van der Waals surface area contributed by atoms with Crippen molar-refractivity contribution < 1.29 is 14.7 Å². The number of nitrogens with zero attached hydrogens (tertiary/aromatic N) is 3. The third-order valence-corrected chi connectivity index (χ3v) is 3.01. The Balaban J connectivity index is 2.06. The van der Waals surface area contributed by atoms with Gasteiger partial charge in [-0.2, -0.15) is 4.98 Å². The summed E-state index contributed by atoms with van der Waals surface area (Å²) in [6.45, 7) is 1.30. The first-order valence-corrected chi connectivity index (χ1v) is 6.63. The molecule has 1 aromatic heterocycles. The number of hydrogen-bond donors (Lipinski definition) is 2. The SMILES string of the molecule is OCCN(CCO)Cc1nc(-c2ccc(Cl)cc2)no1. The van der Waals surface area contributed by atoms with Crippen LogP contribution in [0.25, 0.3) is 11.4 Å². The maximum atomic E-state index is 8.95. The van der Waals surface area contributed by atoms with Gasteiger partial charge in [-0.25, -0.2) is 0 Å². The molecule has 0 bridgehead atoms. The minimum absolute atomic E-state index is 0.0121. The van der Waals surface area contributed by atoms with Crippen LogP contribution in [-0.2, 0) is 6.54 Å². The second-order valence-electron chi connectivity index (χ2n) is 4.24. The minimum Gasteiger partial charge on any atom is -0.395 e. The third-order valence-electron chi connectivity index (χ3n) is 2.76. The van der Waals surface area contributed by atoms with Crippen molar-refractivity contribution in [1.29, 1.82) is 0 Å². The highest BCUT2D eigenvalue weighted by Crippen LogP contribution is 2.18. The number of benzene rings is 1. The topological polar surface area (TPSA) is 82.6 Å². The molecule has 2 aromatic rings. The van der Waals surface area contributed by atoms with E-state index in [4.69, 9.17) is 26.3 Å². The Morgan fingerprint density at radius 2 is 1.75 bits per heavy atom. The first-order chi connectivity index (χ1) is 9.72. The van der Waals surface area contributed by atoms with Crippen molar-refractivity contribution >= 4 is 11.6 Å². The van der Waals surface area contributed by atoms with Crippen LogP contribution in [0.4, 0.5) is 0 Å². The molecule has 0 aliphatic rings. The van der Waals surface area contributed by atoms with E-state index in [2.05, 4.69) is 10.1 Å². The molecule has 2 N–H and O–H groups in total. The molecule has 6 nitrogen and oxygen atoms in total. The van der Waals surface area contributed by atoms with Gasteiger partial charge in [0.05, 0.1) is 19.8 Å². The van der Waals surface area contributed by atoms with Gasteiger partial charge in [-0.05, 0) is 24.3 Å². The summed E-state index contributed by atoms with van der Waals surface area (Å²) in [4.78, 5) is 6.12. The average Bonchev–Trinajstić information content (AvgIpc) is 2.89. The summed E-state index contributed by atoms with van der Waals surface area (Å²) >= 11 is 5.82. The normalized spacial score (nSPS) is 11.2. The van der Waals surface area contributed by atoms with Gasteiger partial charge >= 0.3 is 0 Å². The molecule has 1 aromatic carbocycles. The highest BCUT2D eigenvalue weighted by atomic mass is 35.5. The predicted octanol–water partition coefficient (Wildman–Crippen LogP) is 1.18. The summed E-state index contributed by atoms with van der Waals surface area (Å²) in [5.74, 6) is 0.932. The zero-order valence-corrected chi connectivity index (χ0v) is 11.6. The lowest BCUT2D eigenvalue weighted by molar-refractivity contribution is 0.143. The predicted molar refractivity (Wildman–Crippen MR) is 74.2 cm³/mol. The molecular weight excluding hydrogens is 282 g/mol. The van der Waals surface area contributed by atoms with Crippen molar-refractivity contribution in [3.63, 3.8) is 0 Å². The molecule has 0 saturated heterocycles. The van der Waals surface area contributed by atoms with Gasteiger partial charge < -0.3 is 14.7 Å². The maximum absolute atomic E-state index is 8.95. The van der Waals surface area contributed by atoms with Crippen LogP contribution in [-0.4, -0.2) is 51.6 Å². The van der Waals surface area contributed by atoms with E-state index in [1.54, 1.807) is 12.1 Å². The Morgan fingerprint density at radius 3 is 2.35 bits per heavy atom. The van der Waals surface area contributed by atoms with Gasteiger partial charge in [-0.15, -0.1) is 0 Å². The molecule has 0 radical (unpaired) electrons. The second kappa shape index (κ2) is 7.35. The Bertz CT molecular complexity index is 524.